The number of ether oxygens (including phenoxy) is 2. The first-order valence-corrected chi connectivity index (χ1v) is 27.0. The number of hydrogen-bond acceptors (Lipinski definition) is 9. The van der Waals surface area contributed by atoms with E-state index in [1.54, 1.807) is 0 Å². The molecule has 0 bridgehead atoms. The van der Waals surface area contributed by atoms with Gasteiger partial charge in [0.15, 0.2) is 6.10 Å². The highest BCUT2D eigenvalue weighted by Crippen LogP contribution is 2.53. The van der Waals surface area contributed by atoms with Gasteiger partial charge in [0.1, 0.15) is 26.4 Å². The minimum Gasteiger partial charge on any atom is -0.784 e. The second-order valence-corrected chi connectivity index (χ2v) is 22.7. The van der Waals surface area contributed by atoms with Crippen LogP contribution in [-0.2, 0) is 33.0 Å². The van der Waals surface area contributed by atoms with E-state index in [0.29, 0.717) is 17.4 Å². The van der Waals surface area contributed by atoms with Gasteiger partial charge in [-0.25, -0.2) is 0 Å². The fourth-order valence-electron chi connectivity index (χ4n) is 9.64. The first-order valence-electron chi connectivity index (χ1n) is 25.5. The summed E-state index contributed by atoms with van der Waals surface area (Å²) >= 11 is 0. The minimum atomic E-state index is -4.67. The first-order chi connectivity index (χ1) is 29.3. The van der Waals surface area contributed by atoms with E-state index in [4.69, 9.17) is 18.5 Å². The molecule has 1 radical (unpaired) electrons. The number of quaternary nitrogens is 1. The molecule has 0 aromatic heterocycles. The Labute approximate surface area is 382 Å². The minimum absolute atomic E-state index is 0.0482. The van der Waals surface area contributed by atoms with Crippen molar-refractivity contribution in [3.8, 4) is 0 Å². The highest BCUT2D eigenvalue weighted by atomic mass is 31.2. The van der Waals surface area contributed by atoms with Crippen molar-refractivity contribution in [2.45, 2.75) is 258 Å². The van der Waals surface area contributed by atoms with E-state index in [0.717, 1.165) is 57.8 Å². The molecular weight excluding hydrogens is 804 g/mol. The quantitative estimate of drug-likeness (QED) is 0.0254. The lowest BCUT2D eigenvalue weighted by atomic mass is 9.61. The van der Waals surface area contributed by atoms with Crippen LogP contribution in [0.2, 0.25) is 0 Å². The van der Waals surface area contributed by atoms with Gasteiger partial charge in [0, 0.05) is 28.8 Å². The number of hydroxylamine groups is 2. The van der Waals surface area contributed by atoms with Crippen molar-refractivity contribution in [2.75, 3.05) is 47.5 Å². The fraction of sp³-hybridized carbons (Fsp3) is 0.960. The number of hydrogen-bond donors (Lipinski definition) is 0. The molecule has 0 amide bonds. The lowest BCUT2D eigenvalue weighted by Gasteiger charge is -2.64. The molecule has 12 heteroatoms. The Balaban J connectivity index is 2.65. The third-order valence-corrected chi connectivity index (χ3v) is 13.7. The van der Waals surface area contributed by atoms with Crippen LogP contribution in [0.4, 0.5) is 0 Å². The van der Waals surface area contributed by atoms with Gasteiger partial charge in [-0.3, -0.25) is 9.59 Å². The van der Waals surface area contributed by atoms with Crippen molar-refractivity contribution < 1.29 is 42.4 Å². The van der Waals surface area contributed by atoms with Crippen LogP contribution in [0.5, 0.6) is 0 Å². The summed E-state index contributed by atoms with van der Waals surface area (Å²) in [6.07, 6.45) is 32.9. The van der Waals surface area contributed by atoms with Crippen molar-refractivity contribution >= 4 is 20.1 Å². The van der Waals surface area contributed by atoms with Crippen LogP contribution < -0.4 is 4.89 Å². The fourth-order valence-corrected chi connectivity index (χ4v) is 10.4. The molecule has 0 aromatic carbocycles. The Bertz CT molecular complexity index is 1130. The highest BCUT2D eigenvalue weighted by Gasteiger charge is 2.47. The molecule has 0 aliphatic carbocycles. The number of carbonyl (C=O) groups excluding carboxylic acids is 2. The van der Waals surface area contributed by atoms with Crippen molar-refractivity contribution in [1.29, 1.82) is 0 Å². The molecule has 1 fully saturated rings. The van der Waals surface area contributed by atoms with Crippen LogP contribution in [0.15, 0.2) is 0 Å². The lowest BCUT2D eigenvalue weighted by molar-refractivity contribution is -0.870. The van der Waals surface area contributed by atoms with Crippen LogP contribution in [0.25, 0.3) is 0 Å². The van der Waals surface area contributed by atoms with Gasteiger partial charge in [-0.1, -0.05) is 162 Å². The van der Waals surface area contributed by atoms with Gasteiger partial charge >= 0.3 is 20.1 Å². The lowest BCUT2D eigenvalue weighted by Crippen LogP contribution is -2.60. The summed E-state index contributed by atoms with van der Waals surface area (Å²) in [7, 11) is 1.11. The van der Waals surface area contributed by atoms with Crippen LogP contribution in [0, 0.1) is 10.6 Å². The summed E-state index contributed by atoms with van der Waals surface area (Å²) in [5.74, 6) is -0.881. The van der Waals surface area contributed by atoms with Crippen molar-refractivity contribution in [2.24, 2.45) is 5.41 Å². The van der Waals surface area contributed by atoms with Gasteiger partial charge in [0.25, 0.3) is 0 Å². The molecule has 1 saturated heterocycles. The number of carbonyl (C=O) groups is 2. The zero-order chi connectivity index (χ0) is 46.4. The average molecular weight is 902 g/mol. The molecule has 62 heavy (non-hydrogen) atoms. The maximum absolute atomic E-state index is 13.3. The maximum Gasteiger partial charge on any atom is 0.426 e. The third-order valence-electron chi connectivity index (χ3n) is 12.8. The Kier molecular flexibility index (Phi) is 31.2. The van der Waals surface area contributed by atoms with Gasteiger partial charge in [0.2, 0.25) is 0 Å². The summed E-state index contributed by atoms with van der Waals surface area (Å²) in [6.45, 7) is 12.5. The maximum atomic E-state index is 13.3. The van der Waals surface area contributed by atoms with Crippen molar-refractivity contribution in [3.05, 3.63) is 5.21 Å². The molecule has 1 heterocycles. The number of unbranched alkanes of at least 4 members (excludes halogenated alkanes) is 22. The van der Waals surface area contributed by atoms with Crippen LogP contribution in [0.1, 0.15) is 241 Å². The van der Waals surface area contributed by atoms with E-state index in [2.05, 4.69) is 41.5 Å². The van der Waals surface area contributed by atoms with Gasteiger partial charge in [-0.15, -0.1) is 0 Å². The summed E-state index contributed by atoms with van der Waals surface area (Å²) < 4.78 is 21.9. The Morgan fingerprint density at radius 1 is 0.597 bits per heavy atom. The predicted molar refractivity (Wildman–Crippen MR) is 254 cm³/mol. The zero-order valence-corrected chi connectivity index (χ0v) is 42.7. The first kappa shape index (κ1) is 59.1. The number of nitrogens with zero attached hydrogens (tertiary/aromatic N) is 2. The summed E-state index contributed by atoms with van der Waals surface area (Å²) in [6, 6.07) is 0. The van der Waals surface area contributed by atoms with Crippen LogP contribution >= 0.6 is 8.17 Å². The molecule has 367 valence electrons. The molecule has 1 aliphatic rings. The second-order valence-electron chi connectivity index (χ2n) is 21.3. The Hall–Kier alpha value is -0.910. The SMILES string of the molecule is CCCCCCCCCCCCCCCC(=O)OCC(CO[P+]([O])([O-])OCC[N+](C)(C)C)OC(=O)CCCCCC1(CCCCCCCCCCC)CC(C)(C)N([O-])C(C)(C)C1. The highest BCUT2D eigenvalue weighted by molar-refractivity contribution is 7.52. The topological polar surface area (TPSA) is 140 Å². The largest absolute Gasteiger partial charge is 0.784 e. The molecule has 0 N–H and O–H groups in total. The van der Waals surface area contributed by atoms with Crippen molar-refractivity contribution in [1.82, 2.24) is 5.06 Å². The van der Waals surface area contributed by atoms with Crippen LogP contribution in [0.3, 0.4) is 0 Å². The van der Waals surface area contributed by atoms with Gasteiger partial charge in [-0.2, -0.15) is 9.05 Å². The van der Waals surface area contributed by atoms with Gasteiger partial charge in [-0.05, 0) is 71.6 Å². The molecule has 1 atom stereocenters. The predicted octanol–water partition coefficient (Wildman–Crippen LogP) is 13.1. The van der Waals surface area contributed by atoms with Crippen LogP contribution in [-0.4, -0.2) is 86.2 Å². The Morgan fingerprint density at radius 2 is 0.984 bits per heavy atom. The normalized spacial score (nSPS) is 17.7. The molecule has 0 aromatic rings. The summed E-state index contributed by atoms with van der Waals surface area (Å²) in [5.41, 5.74) is -0.805. The number of likely N-dealkylation sites (N-methyl/N-ethyl adjacent to an activating group) is 1. The van der Waals surface area contributed by atoms with E-state index in [9.17, 15) is 24.6 Å². The third kappa shape index (κ3) is 29.6. The zero-order valence-electron chi connectivity index (χ0n) is 41.8. The van der Waals surface area contributed by atoms with E-state index in [-0.39, 0.29) is 31.5 Å². The van der Waals surface area contributed by atoms with E-state index in [1.165, 1.54) is 127 Å². The van der Waals surface area contributed by atoms with E-state index >= 15 is 0 Å². The average Bonchev–Trinajstić information content (AvgIpc) is 3.18. The molecule has 0 saturated carbocycles. The van der Waals surface area contributed by atoms with E-state index in [1.807, 2.05) is 21.1 Å². The van der Waals surface area contributed by atoms with Crippen molar-refractivity contribution in [3.63, 3.8) is 0 Å². The summed E-state index contributed by atoms with van der Waals surface area (Å²) in [5, 5.41) is 14.6. The van der Waals surface area contributed by atoms with Gasteiger partial charge < -0.3 is 29.1 Å². The smallest absolute Gasteiger partial charge is 0.426 e. The number of rotatable bonds is 40. The van der Waals surface area contributed by atoms with E-state index < -0.39 is 43.9 Å². The molecule has 11 nitrogen and oxygen atoms in total. The standard InChI is InChI=1S/C50H98N2O9P/c1-10-12-14-16-18-20-21-22-23-24-26-28-31-35-46(53)58-41-45(42-60-62(56,57)59-40-39-52(7,8)9)61-47(54)36-32-30-34-38-50(37-33-29-27-25-19-17-15-13-11-2)43-48(3,4)51(55)49(5,6)44-50/h45H,10-44H2,1-9H3. The second kappa shape index (κ2) is 32.7. The van der Waals surface area contributed by atoms with Gasteiger partial charge in [0.05, 0.1) is 21.1 Å². The molecule has 0 spiro atoms. The molecule has 1 aliphatic heterocycles. The summed E-state index contributed by atoms with van der Waals surface area (Å²) in [4.78, 5) is 50.9. The number of esters is 2. The molecule has 1 unspecified atom stereocenters. The Morgan fingerprint density at radius 3 is 1.42 bits per heavy atom. The molecule has 1 rings (SSSR count). The molecular formula is C50H98N2O9P. The monoisotopic (exact) mass is 902 g/mol. The number of piperidine rings is 1.